The molecule has 8 aromatic carbocycles. The van der Waals surface area contributed by atoms with E-state index in [2.05, 4.69) is 131 Å². The maximum absolute atomic E-state index is 8.03. The van der Waals surface area contributed by atoms with Crippen molar-refractivity contribution in [2.75, 3.05) is 5.73 Å². The molecule has 50 heavy (non-hydrogen) atoms. The highest BCUT2D eigenvalue weighted by Crippen LogP contribution is 2.42. The number of nitrogens with zero attached hydrogens (tertiary/aromatic N) is 2. The van der Waals surface area contributed by atoms with E-state index in [1.165, 1.54) is 70.8 Å². The largest absolute Gasteiger partial charge is 0.398 e. The monoisotopic (exact) mass is 642 g/mol. The molecule has 0 fully saturated rings. The molecule has 0 saturated carbocycles. The first-order chi connectivity index (χ1) is 24.6. The quantitative estimate of drug-likeness (QED) is 0.112. The molecule has 4 heteroatoms. The molecule has 238 valence electrons. The lowest BCUT2D eigenvalue weighted by molar-refractivity contribution is 1.02. The van der Waals surface area contributed by atoms with E-state index in [0.29, 0.717) is 11.4 Å². The summed E-state index contributed by atoms with van der Waals surface area (Å²) in [5.74, 6) is 0. The van der Waals surface area contributed by atoms with Crippen molar-refractivity contribution in [1.82, 2.24) is 9.13 Å². The van der Waals surface area contributed by atoms with Crippen LogP contribution >= 0.6 is 0 Å². The molecule has 0 aliphatic heterocycles. The summed E-state index contributed by atoms with van der Waals surface area (Å²) in [5, 5.41) is 18.4. The summed E-state index contributed by atoms with van der Waals surface area (Å²) in [6.45, 7) is 0. The molecule has 0 amide bonds. The molecule has 0 aliphatic carbocycles. The van der Waals surface area contributed by atoms with Crippen molar-refractivity contribution in [3.05, 3.63) is 181 Å². The van der Waals surface area contributed by atoms with E-state index in [-0.39, 0.29) is 0 Å². The maximum atomic E-state index is 8.03. The van der Waals surface area contributed by atoms with Crippen LogP contribution in [0.25, 0.3) is 70.8 Å². The van der Waals surface area contributed by atoms with Crippen molar-refractivity contribution in [3.63, 3.8) is 0 Å². The van der Waals surface area contributed by atoms with Gasteiger partial charge in [-0.1, -0.05) is 140 Å². The number of benzene rings is 8. The number of nitrogen functional groups attached to an aromatic ring is 1. The molecular formula is C46H34N4. The van der Waals surface area contributed by atoms with Gasteiger partial charge in [-0.2, -0.15) is 0 Å². The van der Waals surface area contributed by atoms with Crippen LogP contribution in [-0.4, -0.2) is 14.8 Å². The van der Waals surface area contributed by atoms with E-state index in [0.717, 1.165) is 11.1 Å². The van der Waals surface area contributed by atoms with Gasteiger partial charge in [0, 0.05) is 67.4 Å². The number of rotatable bonds is 3. The Morgan fingerprint density at radius 1 is 0.480 bits per heavy atom. The number of nitrogens with one attached hydrogen (secondary N) is 1. The van der Waals surface area contributed by atoms with Gasteiger partial charge in [0.1, 0.15) is 0 Å². The third-order valence-corrected chi connectivity index (χ3v) is 9.98. The Morgan fingerprint density at radius 3 is 1.72 bits per heavy atom. The van der Waals surface area contributed by atoms with Gasteiger partial charge in [0.15, 0.2) is 0 Å². The number of para-hydroxylation sites is 4. The minimum absolute atomic E-state index is 0.466. The van der Waals surface area contributed by atoms with Gasteiger partial charge in [0.25, 0.3) is 0 Å². The molecule has 0 unspecified atom stereocenters. The van der Waals surface area contributed by atoms with Gasteiger partial charge in [-0.05, 0) is 41.1 Å². The molecule has 10 aromatic rings. The molecule has 0 spiro atoms. The van der Waals surface area contributed by atoms with Crippen molar-refractivity contribution < 1.29 is 0 Å². The Balaban J connectivity index is 0.000000189. The van der Waals surface area contributed by atoms with Crippen molar-refractivity contribution in [2.24, 2.45) is 7.05 Å². The Morgan fingerprint density at radius 2 is 1.00 bits per heavy atom. The SMILES string of the molecule is Cn1c2ccccc2c2ccc3c(ccc4ccc5c6ccccc6n(-c6ccccc6)c5c43)c21.N=C(c1ccccc1)c1ccccc1N. The second kappa shape index (κ2) is 11.8. The highest BCUT2D eigenvalue weighted by molar-refractivity contribution is 6.29. The topological polar surface area (TPSA) is 59.7 Å². The van der Waals surface area contributed by atoms with Crippen LogP contribution in [0.2, 0.25) is 0 Å². The van der Waals surface area contributed by atoms with Gasteiger partial charge >= 0.3 is 0 Å². The maximum Gasteiger partial charge on any atom is 0.0705 e. The average molecular weight is 643 g/mol. The summed E-state index contributed by atoms with van der Waals surface area (Å²) < 4.78 is 4.80. The standard InChI is InChI=1S/C33H22N2.C13H12N2/c1-34-29-13-7-5-11-23(29)26-20-19-25-28(32(26)34)18-16-21-15-17-27-24-12-6-8-14-30(24)35(33(27)31(21)25)22-9-3-2-4-10-22;14-12-9-5-4-8-11(12)13(15)10-6-2-1-3-7-10/h2-20H,1H3;1-9,15H,14H2. The molecule has 0 saturated heterocycles. The van der Waals surface area contributed by atoms with E-state index in [1.54, 1.807) is 0 Å². The molecule has 3 N–H and O–H groups in total. The van der Waals surface area contributed by atoms with E-state index in [1.807, 2.05) is 54.6 Å². The molecule has 2 heterocycles. The van der Waals surface area contributed by atoms with Gasteiger partial charge in [-0.25, -0.2) is 0 Å². The van der Waals surface area contributed by atoms with Gasteiger partial charge in [0.2, 0.25) is 0 Å². The smallest absolute Gasteiger partial charge is 0.0705 e. The highest BCUT2D eigenvalue weighted by Gasteiger charge is 2.18. The number of nitrogens with two attached hydrogens (primary N) is 1. The van der Waals surface area contributed by atoms with Crippen LogP contribution in [0.4, 0.5) is 5.69 Å². The number of hydrogen-bond acceptors (Lipinski definition) is 2. The third kappa shape index (κ3) is 4.57. The minimum Gasteiger partial charge on any atom is -0.398 e. The van der Waals surface area contributed by atoms with Crippen molar-refractivity contribution >= 4 is 76.6 Å². The van der Waals surface area contributed by atoms with E-state index >= 15 is 0 Å². The fraction of sp³-hybridized carbons (Fsp3) is 0.0217. The lowest BCUT2D eigenvalue weighted by Gasteiger charge is -2.12. The van der Waals surface area contributed by atoms with Gasteiger partial charge < -0.3 is 14.9 Å². The molecule has 0 radical (unpaired) electrons. The zero-order chi connectivity index (χ0) is 33.8. The molecule has 10 rings (SSSR count). The van der Waals surface area contributed by atoms with Crippen LogP contribution in [0.1, 0.15) is 11.1 Å². The van der Waals surface area contributed by atoms with E-state index in [9.17, 15) is 0 Å². The van der Waals surface area contributed by atoms with Gasteiger partial charge in [-0.15, -0.1) is 0 Å². The molecule has 0 bridgehead atoms. The first kappa shape index (κ1) is 29.5. The van der Waals surface area contributed by atoms with Crippen LogP contribution in [0.5, 0.6) is 0 Å². The Bertz CT molecular complexity index is 2900. The number of aryl methyl sites for hydroxylation is 1. The molecule has 0 atom stereocenters. The first-order valence-electron chi connectivity index (χ1n) is 16.9. The van der Waals surface area contributed by atoms with E-state index in [4.69, 9.17) is 11.1 Å². The Labute approximate surface area is 289 Å². The Hall–Kier alpha value is -6.65. The zero-order valence-corrected chi connectivity index (χ0v) is 27.6. The van der Waals surface area contributed by atoms with Crippen LogP contribution < -0.4 is 5.73 Å². The molecule has 2 aromatic heterocycles. The predicted octanol–water partition coefficient (Wildman–Crippen LogP) is 11.4. The van der Waals surface area contributed by atoms with Gasteiger partial charge in [-0.3, -0.25) is 5.41 Å². The summed E-state index contributed by atoms with van der Waals surface area (Å²) in [4.78, 5) is 0. The normalized spacial score (nSPS) is 11.5. The summed E-state index contributed by atoms with van der Waals surface area (Å²) in [6, 6.07) is 59.1. The van der Waals surface area contributed by atoms with Crippen molar-refractivity contribution in [1.29, 1.82) is 5.41 Å². The number of anilines is 1. The zero-order valence-electron chi connectivity index (χ0n) is 27.6. The van der Waals surface area contributed by atoms with Crippen molar-refractivity contribution in [2.45, 2.75) is 0 Å². The molecule has 4 nitrogen and oxygen atoms in total. The van der Waals surface area contributed by atoms with Crippen LogP contribution in [-0.2, 0) is 7.05 Å². The molecule has 0 aliphatic rings. The fourth-order valence-corrected chi connectivity index (χ4v) is 7.69. The lowest BCUT2D eigenvalue weighted by atomic mass is 9.97. The van der Waals surface area contributed by atoms with Crippen LogP contribution in [0.3, 0.4) is 0 Å². The van der Waals surface area contributed by atoms with Crippen molar-refractivity contribution in [3.8, 4) is 5.69 Å². The second-order valence-electron chi connectivity index (χ2n) is 12.8. The van der Waals surface area contributed by atoms with Crippen LogP contribution in [0, 0.1) is 5.41 Å². The van der Waals surface area contributed by atoms with Gasteiger partial charge in [0.05, 0.1) is 22.3 Å². The number of fused-ring (bicyclic) bond motifs is 11. The summed E-state index contributed by atoms with van der Waals surface area (Å²) in [6.07, 6.45) is 0. The predicted molar refractivity (Wildman–Crippen MR) is 213 cm³/mol. The first-order valence-corrected chi connectivity index (χ1v) is 16.9. The van der Waals surface area contributed by atoms with Crippen LogP contribution in [0.15, 0.2) is 170 Å². The number of hydrogen-bond donors (Lipinski definition) is 2. The summed E-state index contributed by atoms with van der Waals surface area (Å²) >= 11 is 0. The summed E-state index contributed by atoms with van der Waals surface area (Å²) in [7, 11) is 2.19. The Kier molecular flexibility index (Phi) is 6.96. The molecular weight excluding hydrogens is 609 g/mol. The minimum atomic E-state index is 0.466. The third-order valence-electron chi connectivity index (χ3n) is 9.98. The second-order valence-corrected chi connectivity index (χ2v) is 12.8. The fourth-order valence-electron chi connectivity index (χ4n) is 7.69. The number of aromatic nitrogens is 2. The summed E-state index contributed by atoms with van der Waals surface area (Å²) in [5.41, 5.74) is 14.9. The van der Waals surface area contributed by atoms with E-state index < -0.39 is 0 Å². The lowest BCUT2D eigenvalue weighted by Crippen LogP contribution is -2.04. The average Bonchev–Trinajstić information content (AvgIpc) is 3.67. The highest BCUT2D eigenvalue weighted by atomic mass is 15.0.